The number of esters is 1. The van der Waals surface area contributed by atoms with E-state index >= 15 is 0 Å². The van der Waals surface area contributed by atoms with Gasteiger partial charge in [0.1, 0.15) is 17.9 Å². The minimum atomic E-state index is -0.687. The quantitative estimate of drug-likeness (QED) is 0.329. The fraction of sp³-hybridized carbons (Fsp3) is 0.357. The van der Waals surface area contributed by atoms with E-state index in [2.05, 4.69) is 10.3 Å². The Bertz CT molecular complexity index is 557. The van der Waals surface area contributed by atoms with Gasteiger partial charge in [-0.1, -0.05) is 0 Å². The van der Waals surface area contributed by atoms with Gasteiger partial charge in [-0.2, -0.15) is 0 Å². The Morgan fingerprint density at radius 3 is 2.27 bits per heavy atom. The van der Waals surface area contributed by atoms with E-state index in [4.69, 9.17) is 20.9 Å². The highest BCUT2D eigenvalue weighted by atomic mass is 16.6. The van der Waals surface area contributed by atoms with E-state index in [-0.39, 0.29) is 12.5 Å². The van der Waals surface area contributed by atoms with Crippen LogP contribution in [0.3, 0.4) is 0 Å². The van der Waals surface area contributed by atoms with Gasteiger partial charge in [-0.3, -0.25) is 0 Å². The average molecular weight is 308 g/mol. The highest BCUT2D eigenvalue weighted by molar-refractivity contribution is 5.80. The summed E-state index contributed by atoms with van der Waals surface area (Å²) in [6.45, 7) is 4.87. The van der Waals surface area contributed by atoms with Crippen LogP contribution in [0.5, 0.6) is 5.75 Å². The molecule has 120 valence electrons. The molecule has 0 radical (unpaired) electrons. The molecule has 1 rings (SSSR count). The van der Waals surface area contributed by atoms with Gasteiger partial charge in [-0.15, -0.1) is 0 Å². The topological polar surface area (TPSA) is 129 Å². The Balaban J connectivity index is 2.45. The fourth-order valence-electron chi connectivity index (χ4n) is 1.36. The number of alkyl carbamates (subject to hydrolysis) is 1. The number of rotatable bonds is 4. The summed E-state index contributed by atoms with van der Waals surface area (Å²) in [5.74, 6) is -0.378. The van der Waals surface area contributed by atoms with Gasteiger partial charge in [0, 0.05) is 0 Å². The van der Waals surface area contributed by atoms with Crippen molar-refractivity contribution in [2.24, 2.45) is 16.5 Å². The highest BCUT2D eigenvalue weighted by Gasteiger charge is 2.17. The van der Waals surface area contributed by atoms with Crippen LogP contribution in [0.2, 0.25) is 0 Å². The van der Waals surface area contributed by atoms with Crippen molar-refractivity contribution in [3.8, 4) is 5.75 Å². The number of ether oxygens (including phenoxy) is 2. The van der Waals surface area contributed by atoms with Gasteiger partial charge in [0.15, 0.2) is 5.96 Å². The van der Waals surface area contributed by atoms with Gasteiger partial charge in [-0.05, 0) is 45.0 Å². The van der Waals surface area contributed by atoms with Gasteiger partial charge in [0.2, 0.25) is 0 Å². The lowest BCUT2D eigenvalue weighted by Crippen LogP contribution is -2.36. The second-order valence-corrected chi connectivity index (χ2v) is 5.36. The van der Waals surface area contributed by atoms with E-state index in [0.717, 1.165) is 0 Å². The third-order valence-electron chi connectivity index (χ3n) is 2.10. The molecule has 1 aromatic carbocycles. The predicted molar refractivity (Wildman–Crippen MR) is 81.8 cm³/mol. The Hall–Kier alpha value is -2.77. The molecular weight excluding hydrogens is 288 g/mol. The van der Waals surface area contributed by atoms with Gasteiger partial charge < -0.3 is 26.3 Å². The molecule has 1 amide bonds. The lowest BCUT2D eigenvalue weighted by molar-refractivity contribution is -0.133. The summed E-state index contributed by atoms with van der Waals surface area (Å²) in [7, 11) is 0. The third-order valence-corrected chi connectivity index (χ3v) is 2.10. The number of nitrogens with zero attached hydrogens (tertiary/aromatic N) is 1. The number of amides is 1. The van der Waals surface area contributed by atoms with E-state index in [0.29, 0.717) is 11.4 Å². The molecule has 8 nitrogen and oxygen atoms in total. The second kappa shape index (κ2) is 7.30. The van der Waals surface area contributed by atoms with Crippen molar-refractivity contribution in [3.05, 3.63) is 24.3 Å². The van der Waals surface area contributed by atoms with Gasteiger partial charge in [-0.25, -0.2) is 14.6 Å². The lowest BCUT2D eigenvalue weighted by Gasteiger charge is -2.19. The molecule has 22 heavy (non-hydrogen) atoms. The van der Waals surface area contributed by atoms with E-state index in [1.54, 1.807) is 32.9 Å². The zero-order chi connectivity index (χ0) is 16.8. The Kier molecular flexibility index (Phi) is 5.73. The molecule has 0 fully saturated rings. The first-order chi connectivity index (χ1) is 10.2. The largest absolute Gasteiger partial charge is 0.444 e. The van der Waals surface area contributed by atoms with Crippen molar-refractivity contribution < 1.29 is 19.1 Å². The van der Waals surface area contributed by atoms with Gasteiger partial charge >= 0.3 is 12.1 Å². The van der Waals surface area contributed by atoms with Gasteiger partial charge in [0.05, 0.1) is 5.69 Å². The molecule has 0 heterocycles. The summed E-state index contributed by atoms with van der Waals surface area (Å²) >= 11 is 0. The van der Waals surface area contributed by atoms with Crippen LogP contribution in [-0.2, 0) is 9.53 Å². The number of nitrogens with one attached hydrogen (secondary N) is 1. The molecule has 5 N–H and O–H groups in total. The lowest BCUT2D eigenvalue weighted by atomic mass is 10.2. The Labute approximate surface area is 128 Å². The fourth-order valence-corrected chi connectivity index (χ4v) is 1.36. The minimum Gasteiger partial charge on any atom is -0.444 e. The number of carbonyl (C=O) groups is 2. The molecule has 0 aliphatic carbocycles. The zero-order valence-electron chi connectivity index (χ0n) is 12.8. The van der Waals surface area contributed by atoms with Crippen molar-refractivity contribution >= 4 is 23.7 Å². The number of nitrogens with two attached hydrogens (primary N) is 2. The van der Waals surface area contributed by atoms with E-state index in [9.17, 15) is 9.59 Å². The molecule has 0 aliphatic rings. The summed E-state index contributed by atoms with van der Waals surface area (Å²) < 4.78 is 10.0. The Morgan fingerprint density at radius 1 is 1.18 bits per heavy atom. The molecule has 0 saturated carbocycles. The summed E-state index contributed by atoms with van der Waals surface area (Å²) in [6.07, 6.45) is -0.687. The first kappa shape index (κ1) is 17.3. The molecule has 0 saturated heterocycles. The Morgan fingerprint density at radius 2 is 1.77 bits per heavy atom. The van der Waals surface area contributed by atoms with Crippen molar-refractivity contribution in [3.63, 3.8) is 0 Å². The van der Waals surface area contributed by atoms with Crippen LogP contribution < -0.4 is 21.5 Å². The van der Waals surface area contributed by atoms with Crippen LogP contribution in [0.4, 0.5) is 10.5 Å². The zero-order valence-corrected chi connectivity index (χ0v) is 12.8. The van der Waals surface area contributed by atoms with Crippen molar-refractivity contribution in [1.29, 1.82) is 0 Å². The van der Waals surface area contributed by atoms with Crippen LogP contribution in [-0.4, -0.2) is 30.2 Å². The maximum atomic E-state index is 11.6. The SMILES string of the molecule is CC(C)(C)OC(=O)NCC(=O)Oc1ccc(N=C(N)N)cc1. The summed E-state index contributed by atoms with van der Waals surface area (Å²) in [6, 6.07) is 6.24. The maximum absolute atomic E-state index is 11.6. The highest BCUT2D eigenvalue weighted by Crippen LogP contribution is 2.17. The van der Waals surface area contributed by atoms with Crippen molar-refractivity contribution in [1.82, 2.24) is 5.32 Å². The molecular formula is C14H20N4O4. The second-order valence-electron chi connectivity index (χ2n) is 5.36. The standard InChI is InChI=1S/C14H20N4O4/c1-14(2,3)22-13(20)17-8-11(19)21-10-6-4-9(5-7-10)18-12(15)16/h4-7H,8H2,1-3H3,(H,17,20)(H4,15,16,18). The number of guanidine groups is 1. The van der Waals surface area contributed by atoms with Crippen LogP contribution in [0.25, 0.3) is 0 Å². The first-order valence-corrected chi connectivity index (χ1v) is 6.53. The summed E-state index contributed by atoms with van der Waals surface area (Å²) in [5, 5.41) is 2.31. The molecule has 0 spiro atoms. The van der Waals surface area contributed by atoms with Crippen LogP contribution >= 0.6 is 0 Å². The molecule has 0 bridgehead atoms. The molecule has 1 aromatic rings. The summed E-state index contributed by atoms with van der Waals surface area (Å²) in [5.41, 5.74) is 10.4. The number of carbonyl (C=O) groups excluding carboxylic acids is 2. The van der Waals surface area contributed by atoms with Crippen LogP contribution in [0.1, 0.15) is 20.8 Å². The van der Waals surface area contributed by atoms with E-state index in [1.807, 2.05) is 0 Å². The van der Waals surface area contributed by atoms with Crippen molar-refractivity contribution in [2.45, 2.75) is 26.4 Å². The third kappa shape index (κ3) is 7.13. The molecule has 0 unspecified atom stereocenters. The van der Waals surface area contributed by atoms with E-state index in [1.165, 1.54) is 12.1 Å². The number of benzene rings is 1. The maximum Gasteiger partial charge on any atom is 0.408 e. The molecule has 0 aliphatic heterocycles. The molecule has 0 aromatic heterocycles. The molecule has 8 heteroatoms. The number of aliphatic imine (C=N–C) groups is 1. The molecule has 0 atom stereocenters. The summed E-state index contributed by atoms with van der Waals surface area (Å²) in [4.78, 5) is 26.8. The van der Waals surface area contributed by atoms with Crippen LogP contribution in [0, 0.1) is 0 Å². The minimum absolute atomic E-state index is 0.0636. The monoisotopic (exact) mass is 308 g/mol. The average Bonchev–Trinajstić information content (AvgIpc) is 2.36. The normalized spacial score (nSPS) is 10.5. The van der Waals surface area contributed by atoms with Crippen molar-refractivity contribution in [2.75, 3.05) is 6.54 Å². The number of hydrogen-bond acceptors (Lipinski definition) is 5. The predicted octanol–water partition coefficient (Wildman–Crippen LogP) is 1.02. The van der Waals surface area contributed by atoms with Gasteiger partial charge in [0.25, 0.3) is 0 Å². The smallest absolute Gasteiger partial charge is 0.408 e. The van der Waals surface area contributed by atoms with E-state index < -0.39 is 17.7 Å². The number of hydrogen-bond donors (Lipinski definition) is 3. The van der Waals surface area contributed by atoms with Crippen LogP contribution in [0.15, 0.2) is 29.3 Å². The first-order valence-electron chi connectivity index (χ1n) is 6.53.